The maximum Gasteiger partial charge on any atom is 0.305 e. The van der Waals surface area contributed by atoms with Gasteiger partial charge in [-0.3, -0.25) is 47.9 Å². The van der Waals surface area contributed by atoms with Crippen LogP contribution < -0.4 is 47.9 Å². The molecule has 7 rings (SSSR count). The summed E-state index contributed by atoms with van der Waals surface area (Å²) in [4.78, 5) is 146. The van der Waals surface area contributed by atoms with E-state index >= 15 is 4.79 Å². The number of phenols is 2. The first-order valence-electron chi connectivity index (χ1n) is 29.2. The van der Waals surface area contributed by atoms with Crippen molar-refractivity contribution in [2.45, 2.75) is 108 Å². The molecule has 0 spiro atoms. The third-order valence-electron chi connectivity index (χ3n) is 15.0. The molecule has 0 radical (unpaired) electrons. The van der Waals surface area contributed by atoms with Crippen molar-refractivity contribution in [1.29, 1.82) is 0 Å². The number of aromatic amines is 2. The molecule has 90 heavy (non-hydrogen) atoms. The van der Waals surface area contributed by atoms with E-state index in [0.29, 0.717) is 33.2 Å². The number of amides is 8. The Bertz CT molecular complexity index is 3670. The quantitative estimate of drug-likeness (QED) is 0.0283. The van der Waals surface area contributed by atoms with E-state index in [2.05, 4.69) is 57.8 Å². The van der Waals surface area contributed by atoms with Crippen LogP contribution in [-0.2, 0) is 80.0 Å². The zero-order valence-electron chi connectivity index (χ0n) is 50.0. The molecule has 0 aliphatic carbocycles. The van der Waals surface area contributed by atoms with E-state index in [1.807, 2.05) is 24.3 Å². The van der Waals surface area contributed by atoms with Gasteiger partial charge in [0.1, 0.15) is 53.8 Å². The second-order valence-electron chi connectivity index (χ2n) is 22.2. The van der Waals surface area contributed by atoms with Gasteiger partial charge in [0.05, 0.1) is 25.6 Å². The summed E-state index contributed by atoms with van der Waals surface area (Å²) in [5, 5.41) is 65.5. The number of hydrogen-bond acceptors (Lipinski definition) is 14. The molecule has 2 heterocycles. The number of likely N-dealkylation sites (N-methyl/N-ethyl adjacent to an activating group) is 1. The molecular formula is C65H75N11O14. The number of nitrogens with one attached hydrogen (secondary N) is 11. The molecule has 2 aromatic heterocycles. The van der Waals surface area contributed by atoms with Crippen LogP contribution in [0.4, 0.5) is 0 Å². The molecule has 0 fully saturated rings. The SMILES string of the molecule is CNCC(=O)N[C@@H](CO)C(=O)N[C@@H](Cc1ccc(O)cc1)C(=O)N[C@@H](Cc1c[nH]c2ccccc12)C(=O)N[C@@H](Cc1ccc(O)cc1)C(=O)N[C@@H](CC(=O)O)C(=O)N[C@H](C(=O)N[C@@H](Cc1c[nH]c2ccccc12)C(=O)N[C@@H](Cc1ccccc1)C(C)=O)C(C)C. The number of aliphatic hydroxyl groups excluding tert-OH is 1. The topological polar surface area (TPSA) is 391 Å². The highest BCUT2D eigenvalue weighted by molar-refractivity contribution is 6.00. The molecule has 0 bridgehead atoms. The first-order valence-corrected chi connectivity index (χ1v) is 29.2. The van der Waals surface area contributed by atoms with Gasteiger partial charge in [0, 0.05) is 59.9 Å². The van der Waals surface area contributed by atoms with Crippen LogP contribution in [0.1, 0.15) is 55.0 Å². The molecule has 8 atom stereocenters. The fourth-order valence-electron chi connectivity index (χ4n) is 10.2. The standard InChI is InChI=1S/C65H75N11O14/c1-36(2)58(65(90)75-53(30-42-33-68-48-17-11-9-15-46(42)48)61(86)70-49(37(3)78)26-38-12-6-5-7-13-38)76-63(88)54(31-57(82)83)74-60(85)50(27-39-18-22-43(79)23-19-39)71-62(87)52(29-41-32-67-47-16-10-8-14-45(41)47)73-59(84)51(28-40-20-24-44(80)25-21-40)72-64(89)55(35-77)69-56(81)34-66-4/h5-25,32-33,36,49-55,58,66-68,77,79-80H,26-31,34-35H2,1-4H3,(H,69,81)(H,70,86)(H,71,87)(H,72,89)(H,73,84)(H,74,85)(H,75,90)(H,76,88)(H,82,83)/t49-,50-,51-,52-,53-,54-,55-,58-/m0/s1. The van der Waals surface area contributed by atoms with E-state index in [1.165, 1.54) is 62.5 Å². The number of aromatic nitrogens is 2. The van der Waals surface area contributed by atoms with Gasteiger partial charge in [0.15, 0.2) is 5.78 Å². The summed E-state index contributed by atoms with van der Waals surface area (Å²) in [5.74, 6) is -10.2. The number of Topliss-reactive ketones (excluding diaryl/α,β-unsaturated/α-hetero) is 1. The number of phenolic OH excluding ortho intramolecular Hbond substituents is 2. The smallest absolute Gasteiger partial charge is 0.305 e. The Balaban J connectivity index is 1.16. The van der Waals surface area contributed by atoms with E-state index in [1.54, 1.807) is 80.8 Å². The Morgan fingerprint density at radius 1 is 0.433 bits per heavy atom. The largest absolute Gasteiger partial charge is 0.508 e. The summed E-state index contributed by atoms with van der Waals surface area (Å²) in [7, 11) is 1.50. The predicted molar refractivity (Wildman–Crippen MR) is 332 cm³/mol. The minimum absolute atomic E-state index is 0.0746. The van der Waals surface area contributed by atoms with Crippen molar-refractivity contribution in [3.63, 3.8) is 0 Å². The number of H-pyrrole nitrogens is 2. The lowest BCUT2D eigenvalue weighted by Crippen LogP contribution is -2.61. The van der Waals surface area contributed by atoms with Gasteiger partial charge >= 0.3 is 5.97 Å². The normalized spacial score (nSPS) is 13.9. The number of rotatable bonds is 32. The highest BCUT2D eigenvalue weighted by Crippen LogP contribution is 2.22. The number of para-hydroxylation sites is 2. The van der Waals surface area contributed by atoms with Crippen molar-refractivity contribution < 1.29 is 68.4 Å². The Morgan fingerprint density at radius 2 is 0.811 bits per heavy atom. The van der Waals surface area contributed by atoms with Crippen molar-refractivity contribution in [1.82, 2.24) is 57.8 Å². The van der Waals surface area contributed by atoms with Crippen molar-refractivity contribution in [2.24, 2.45) is 5.92 Å². The van der Waals surface area contributed by atoms with E-state index in [9.17, 15) is 63.6 Å². The molecule has 7 aromatic rings. The van der Waals surface area contributed by atoms with Crippen LogP contribution >= 0.6 is 0 Å². The highest BCUT2D eigenvalue weighted by atomic mass is 16.4. The van der Waals surface area contributed by atoms with Gasteiger partial charge in [-0.1, -0.05) is 105 Å². The maximum absolute atomic E-state index is 15.0. The average molecular weight is 1230 g/mol. The number of ketones is 1. The number of carbonyl (C=O) groups excluding carboxylic acids is 9. The van der Waals surface area contributed by atoms with Crippen molar-refractivity contribution in [3.05, 3.63) is 168 Å². The Kier molecular flexibility index (Phi) is 23.9. The van der Waals surface area contributed by atoms with Gasteiger partial charge in [0.25, 0.3) is 0 Å². The molecule has 0 aliphatic rings. The molecule has 25 nitrogen and oxygen atoms in total. The molecule has 0 unspecified atom stereocenters. The number of aliphatic carboxylic acids is 1. The lowest BCUT2D eigenvalue weighted by Gasteiger charge is -2.29. The molecule has 8 amide bonds. The third kappa shape index (κ3) is 19.1. The van der Waals surface area contributed by atoms with E-state index in [4.69, 9.17) is 0 Å². The number of carboxylic acids is 1. The number of carbonyl (C=O) groups is 10. The predicted octanol–water partition coefficient (Wildman–Crippen LogP) is 1.38. The lowest BCUT2D eigenvalue weighted by atomic mass is 9.98. The fraction of sp³-hybridized carbons (Fsp3) is 0.323. The Hall–Kier alpha value is -10.4. The average Bonchev–Trinajstić information content (AvgIpc) is 3.03. The molecule has 15 N–H and O–H groups in total. The van der Waals surface area contributed by atoms with E-state index < -0.39 is 121 Å². The summed E-state index contributed by atoms with van der Waals surface area (Å²) in [5.41, 5.74) is 4.15. The van der Waals surface area contributed by atoms with Crippen molar-refractivity contribution in [2.75, 3.05) is 20.2 Å². The number of hydrogen-bond donors (Lipinski definition) is 15. The van der Waals surface area contributed by atoms with Crippen LogP contribution in [0.3, 0.4) is 0 Å². The third-order valence-corrected chi connectivity index (χ3v) is 15.0. The zero-order valence-corrected chi connectivity index (χ0v) is 50.0. The van der Waals surface area contributed by atoms with Gasteiger partial charge < -0.3 is 78.2 Å². The van der Waals surface area contributed by atoms with E-state index in [0.717, 1.165) is 16.5 Å². The van der Waals surface area contributed by atoms with E-state index in [-0.39, 0.29) is 55.9 Å². The number of fused-ring (bicyclic) bond motifs is 2. The fourth-order valence-corrected chi connectivity index (χ4v) is 10.2. The molecule has 0 saturated carbocycles. The number of carboxylic acid groups (broad SMARTS) is 1. The molecular weight excluding hydrogens is 1160 g/mol. The molecule has 25 heteroatoms. The minimum Gasteiger partial charge on any atom is -0.508 e. The number of aliphatic hydroxyl groups is 1. The molecule has 0 aliphatic heterocycles. The van der Waals surface area contributed by atoms with Crippen LogP contribution in [0.2, 0.25) is 0 Å². The van der Waals surface area contributed by atoms with Gasteiger partial charge in [-0.25, -0.2) is 0 Å². The van der Waals surface area contributed by atoms with Crippen LogP contribution in [-0.4, -0.2) is 158 Å². The Labute approximate surface area is 517 Å². The van der Waals surface area contributed by atoms with Crippen LogP contribution in [0, 0.1) is 5.92 Å². The van der Waals surface area contributed by atoms with Gasteiger partial charge in [0.2, 0.25) is 47.3 Å². The summed E-state index contributed by atoms with van der Waals surface area (Å²) < 4.78 is 0. The highest BCUT2D eigenvalue weighted by Gasteiger charge is 2.37. The molecule has 474 valence electrons. The first-order chi connectivity index (χ1) is 43.1. The van der Waals surface area contributed by atoms with Crippen LogP contribution in [0.15, 0.2) is 140 Å². The van der Waals surface area contributed by atoms with Gasteiger partial charge in [-0.05, 0) is 90.5 Å². The number of aromatic hydroxyl groups is 2. The molecule has 0 saturated heterocycles. The Morgan fingerprint density at radius 3 is 1.24 bits per heavy atom. The molecule has 5 aromatic carbocycles. The minimum atomic E-state index is -1.92. The van der Waals surface area contributed by atoms with Crippen LogP contribution in [0.25, 0.3) is 21.8 Å². The first kappa shape index (κ1) is 67.1. The summed E-state index contributed by atoms with van der Waals surface area (Å²) in [6.45, 7) is 3.45. The number of benzene rings is 5. The summed E-state index contributed by atoms with van der Waals surface area (Å²) in [6, 6.07) is 22.6. The maximum atomic E-state index is 15.0. The summed E-state index contributed by atoms with van der Waals surface area (Å²) in [6.07, 6.45) is 1.52. The lowest BCUT2D eigenvalue weighted by molar-refractivity contribution is -0.141. The van der Waals surface area contributed by atoms with Gasteiger partial charge in [-0.2, -0.15) is 0 Å². The zero-order chi connectivity index (χ0) is 65.0. The van der Waals surface area contributed by atoms with Crippen LogP contribution in [0.5, 0.6) is 11.5 Å². The summed E-state index contributed by atoms with van der Waals surface area (Å²) >= 11 is 0. The monoisotopic (exact) mass is 1230 g/mol. The second kappa shape index (κ2) is 32.0. The van der Waals surface area contributed by atoms with Gasteiger partial charge in [-0.15, -0.1) is 0 Å². The van der Waals surface area contributed by atoms with Crippen molar-refractivity contribution in [3.8, 4) is 11.5 Å². The van der Waals surface area contributed by atoms with Crippen molar-refractivity contribution >= 4 is 80.8 Å². The second-order valence-corrected chi connectivity index (χ2v) is 22.2.